The Morgan fingerprint density at radius 3 is 2.69 bits per heavy atom. The van der Waals surface area contributed by atoms with Crippen LogP contribution in [0.5, 0.6) is 5.75 Å². The number of carbonyl (C=O) groups excluding carboxylic acids is 1. The van der Waals surface area contributed by atoms with Crippen LogP contribution in [0.15, 0.2) is 54.9 Å². The molecule has 1 amide bonds. The molecule has 1 aliphatic heterocycles. The Balaban J connectivity index is 1.29. The van der Waals surface area contributed by atoms with Crippen molar-refractivity contribution in [2.24, 2.45) is 0 Å². The molecule has 1 aromatic carbocycles. The Hall–Kier alpha value is -3.15. The number of ether oxygens (including phenoxy) is 1. The van der Waals surface area contributed by atoms with Crippen LogP contribution in [0, 0.1) is 0 Å². The third kappa shape index (κ3) is 4.65. The average Bonchev–Trinajstić information content (AvgIpc) is 2.79. The van der Waals surface area contributed by atoms with Crippen LogP contribution in [0.25, 0.3) is 10.9 Å². The van der Waals surface area contributed by atoms with Gasteiger partial charge in [0.05, 0.1) is 12.2 Å². The van der Waals surface area contributed by atoms with E-state index in [2.05, 4.69) is 20.2 Å². The summed E-state index contributed by atoms with van der Waals surface area (Å²) in [4.78, 5) is 23.8. The number of nitrogens with zero attached hydrogens (tertiary/aromatic N) is 3. The molecule has 3 heterocycles. The summed E-state index contributed by atoms with van der Waals surface area (Å²) < 4.78 is 5.89. The topological polar surface area (TPSA) is 67.3 Å². The lowest BCUT2D eigenvalue weighted by atomic mass is 10.1. The Morgan fingerprint density at radius 1 is 1.00 bits per heavy atom. The van der Waals surface area contributed by atoms with E-state index in [1.165, 1.54) is 6.42 Å². The van der Waals surface area contributed by atoms with E-state index < -0.39 is 0 Å². The number of piperidine rings is 1. The van der Waals surface area contributed by atoms with Gasteiger partial charge >= 0.3 is 0 Å². The lowest BCUT2D eigenvalue weighted by molar-refractivity contribution is 0.0951. The molecule has 0 bridgehead atoms. The van der Waals surface area contributed by atoms with Gasteiger partial charge in [-0.25, -0.2) is 4.98 Å². The first-order valence-electron chi connectivity index (χ1n) is 10.3. The van der Waals surface area contributed by atoms with E-state index in [0.717, 1.165) is 48.4 Å². The quantitative estimate of drug-likeness (QED) is 0.621. The first-order valence-corrected chi connectivity index (χ1v) is 10.3. The van der Waals surface area contributed by atoms with Crippen molar-refractivity contribution in [1.29, 1.82) is 0 Å². The van der Waals surface area contributed by atoms with Crippen molar-refractivity contribution < 1.29 is 9.53 Å². The maximum Gasteiger partial charge on any atom is 0.255 e. The van der Waals surface area contributed by atoms with Gasteiger partial charge in [-0.3, -0.25) is 9.78 Å². The summed E-state index contributed by atoms with van der Waals surface area (Å²) in [6, 6.07) is 13.5. The van der Waals surface area contributed by atoms with Crippen molar-refractivity contribution in [2.45, 2.75) is 25.7 Å². The Labute approximate surface area is 170 Å². The van der Waals surface area contributed by atoms with Crippen LogP contribution < -0.4 is 15.0 Å². The van der Waals surface area contributed by atoms with Crippen LogP contribution >= 0.6 is 0 Å². The van der Waals surface area contributed by atoms with Crippen LogP contribution in [0.1, 0.15) is 36.0 Å². The number of nitrogens with one attached hydrogen (secondary N) is 1. The van der Waals surface area contributed by atoms with Crippen molar-refractivity contribution in [1.82, 2.24) is 15.3 Å². The number of anilines is 1. The first-order chi connectivity index (χ1) is 14.3. The number of carbonyl (C=O) groups is 1. The molecule has 150 valence electrons. The molecule has 1 N–H and O–H groups in total. The van der Waals surface area contributed by atoms with Crippen molar-refractivity contribution in [2.75, 3.05) is 31.1 Å². The van der Waals surface area contributed by atoms with Crippen LogP contribution in [0.3, 0.4) is 0 Å². The zero-order valence-electron chi connectivity index (χ0n) is 16.5. The first kappa shape index (κ1) is 19.2. The van der Waals surface area contributed by atoms with Gasteiger partial charge in [0.2, 0.25) is 0 Å². The number of aromatic nitrogens is 2. The normalized spacial score (nSPS) is 14.0. The number of hydrogen-bond donors (Lipinski definition) is 1. The maximum atomic E-state index is 12.7. The second kappa shape index (κ2) is 9.37. The molecule has 3 aromatic rings. The summed E-state index contributed by atoms with van der Waals surface area (Å²) >= 11 is 0. The Kier molecular flexibility index (Phi) is 6.19. The molecule has 2 aromatic heterocycles. The predicted octanol–water partition coefficient (Wildman–Crippen LogP) is 3.82. The maximum absolute atomic E-state index is 12.7. The molecule has 0 spiro atoms. The van der Waals surface area contributed by atoms with E-state index >= 15 is 0 Å². The molecular formula is C23H26N4O2. The van der Waals surface area contributed by atoms with Gasteiger partial charge in [-0.2, -0.15) is 0 Å². The number of amides is 1. The molecule has 0 radical (unpaired) electrons. The van der Waals surface area contributed by atoms with E-state index in [1.807, 2.05) is 42.5 Å². The van der Waals surface area contributed by atoms with Crippen molar-refractivity contribution >= 4 is 22.6 Å². The smallest absolute Gasteiger partial charge is 0.255 e. The van der Waals surface area contributed by atoms with Gasteiger partial charge in [0.25, 0.3) is 5.91 Å². The van der Waals surface area contributed by atoms with Gasteiger partial charge in [0.1, 0.15) is 17.1 Å². The minimum atomic E-state index is -0.0782. The predicted molar refractivity (Wildman–Crippen MR) is 114 cm³/mol. The lowest BCUT2D eigenvalue weighted by Crippen LogP contribution is -2.33. The van der Waals surface area contributed by atoms with E-state index in [1.54, 1.807) is 12.4 Å². The number of para-hydroxylation sites is 1. The molecule has 0 aliphatic carbocycles. The second-order valence-corrected chi connectivity index (χ2v) is 7.21. The van der Waals surface area contributed by atoms with Gasteiger partial charge < -0.3 is 15.0 Å². The molecule has 0 atom stereocenters. The summed E-state index contributed by atoms with van der Waals surface area (Å²) in [5.41, 5.74) is 1.51. The zero-order chi connectivity index (χ0) is 19.9. The Morgan fingerprint density at radius 2 is 1.79 bits per heavy atom. The number of benzene rings is 1. The van der Waals surface area contributed by atoms with Gasteiger partial charge in [-0.05, 0) is 49.9 Å². The largest absolute Gasteiger partial charge is 0.491 e. The summed E-state index contributed by atoms with van der Waals surface area (Å²) in [5, 5.41) is 4.06. The summed E-state index contributed by atoms with van der Waals surface area (Å²) in [7, 11) is 0. The number of rotatable bonds is 7. The van der Waals surface area contributed by atoms with Gasteiger partial charge in [0, 0.05) is 37.4 Å². The van der Waals surface area contributed by atoms with Crippen molar-refractivity contribution in [3.8, 4) is 5.75 Å². The SMILES string of the molecule is O=C(NCCCOc1cccc2cccnc12)c1cccnc1N1CCCCC1. The molecule has 6 heteroatoms. The third-order valence-corrected chi connectivity index (χ3v) is 5.15. The van der Waals surface area contributed by atoms with Gasteiger partial charge in [-0.1, -0.05) is 18.2 Å². The average molecular weight is 390 g/mol. The second-order valence-electron chi connectivity index (χ2n) is 7.21. The van der Waals surface area contributed by atoms with Crippen LogP contribution in [-0.2, 0) is 0 Å². The van der Waals surface area contributed by atoms with E-state index in [0.29, 0.717) is 25.1 Å². The molecule has 1 aliphatic rings. The third-order valence-electron chi connectivity index (χ3n) is 5.15. The van der Waals surface area contributed by atoms with Crippen molar-refractivity contribution in [3.05, 3.63) is 60.4 Å². The molecular weight excluding hydrogens is 364 g/mol. The molecule has 1 fully saturated rings. The minimum Gasteiger partial charge on any atom is -0.491 e. The van der Waals surface area contributed by atoms with Crippen LogP contribution in [0.4, 0.5) is 5.82 Å². The molecule has 0 saturated carbocycles. The molecule has 6 nitrogen and oxygen atoms in total. The van der Waals surface area contributed by atoms with E-state index in [4.69, 9.17) is 4.74 Å². The van der Waals surface area contributed by atoms with Gasteiger partial charge in [-0.15, -0.1) is 0 Å². The van der Waals surface area contributed by atoms with Crippen molar-refractivity contribution in [3.63, 3.8) is 0 Å². The lowest BCUT2D eigenvalue weighted by Gasteiger charge is -2.29. The van der Waals surface area contributed by atoms with Gasteiger partial charge in [0.15, 0.2) is 0 Å². The number of fused-ring (bicyclic) bond motifs is 1. The standard InChI is InChI=1S/C23H26N4O2/c28-23(19-10-6-13-25-22(19)27-15-2-1-3-16-27)26-14-7-17-29-20-11-4-8-18-9-5-12-24-21(18)20/h4-6,8-13H,1-3,7,14-17H2,(H,26,28). The monoisotopic (exact) mass is 390 g/mol. The van der Waals surface area contributed by atoms with Crippen LogP contribution in [-0.4, -0.2) is 42.1 Å². The highest BCUT2D eigenvalue weighted by Crippen LogP contribution is 2.23. The fourth-order valence-corrected chi connectivity index (χ4v) is 3.68. The molecule has 29 heavy (non-hydrogen) atoms. The zero-order valence-corrected chi connectivity index (χ0v) is 16.5. The summed E-state index contributed by atoms with van der Waals surface area (Å²) in [6.07, 6.45) is 7.79. The van der Waals surface area contributed by atoms with E-state index in [9.17, 15) is 4.79 Å². The fourth-order valence-electron chi connectivity index (χ4n) is 3.68. The van der Waals surface area contributed by atoms with Crippen LogP contribution in [0.2, 0.25) is 0 Å². The molecule has 4 rings (SSSR count). The summed E-state index contributed by atoms with van der Waals surface area (Å²) in [6.45, 7) is 2.99. The highest BCUT2D eigenvalue weighted by atomic mass is 16.5. The highest BCUT2D eigenvalue weighted by Gasteiger charge is 2.19. The fraction of sp³-hybridized carbons (Fsp3) is 0.348. The minimum absolute atomic E-state index is 0.0782. The van der Waals surface area contributed by atoms with E-state index in [-0.39, 0.29) is 5.91 Å². The highest BCUT2D eigenvalue weighted by molar-refractivity contribution is 5.98. The number of hydrogen-bond acceptors (Lipinski definition) is 5. The molecule has 0 unspecified atom stereocenters. The summed E-state index contributed by atoms with van der Waals surface area (Å²) in [5.74, 6) is 1.49. The number of pyridine rings is 2. The Bertz CT molecular complexity index is 965. The molecule has 1 saturated heterocycles.